The number of hydrogen-bond acceptors (Lipinski definition) is 9. The molecule has 13 nitrogen and oxygen atoms in total. The minimum Gasteiger partial charge on any atom is -0.497 e. The fourth-order valence-electron chi connectivity index (χ4n) is 8.47. The minimum absolute atomic E-state index is 0.0504. The van der Waals surface area contributed by atoms with Gasteiger partial charge in [-0.05, 0) is 53.9 Å². The molecule has 3 N–H and O–H groups in total. The lowest BCUT2D eigenvalue weighted by atomic mass is 9.82. The summed E-state index contributed by atoms with van der Waals surface area (Å²) in [6, 6.07) is 28.5. The van der Waals surface area contributed by atoms with E-state index in [-0.39, 0.29) is 49.8 Å². The molecule has 14 heteroatoms. The van der Waals surface area contributed by atoms with Gasteiger partial charge in [-0.25, -0.2) is 0 Å². The van der Waals surface area contributed by atoms with Crippen molar-refractivity contribution < 1.29 is 39.0 Å². The van der Waals surface area contributed by atoms with Crippen molar-refractivity contribution in [3.05, 3.63) is 124 Å². The van der Waals surface area contributed by atoms with Crippen LogP contribution in [-0.4, -0.2) is 78.3 Å². The van der Waals surface area contributed by atoms with Crippen LogP contribution in [0.3, 0.4) is 0 Å². The van der Waals surface area contributed by atoms with Gasteiger partial charge in [0.1, 0.15) is 11.9 Å². The highest BCUT2D eigenvalue weighted by Crippen LogP contribution is 2.60. The van der Waals surface area contributed by atoms with Crippen molar-refractivity contribution in [3.63, 3.8) is 0 Å². The lowest BCUT2D eigenvalue weighted by molar-refractivity contribution is -0.385. The number of nitro groups is 1. The number of benzene rings is 4. The Morgan fingerprint density at radius 3 is 2.38 bits per heavy atom. The van der Waals surface area contributed by atoms with Crippen LogP contribution in [-0.2, 0) is 37.8 Å². The summed E-state index contributed by atoms with van der Waals surface area (Å²) < 4.78 is 12.5. The third-order valence-electron chi connectivity index (χ3n) is 11.3. The molecule has 0 saturated carbocycles. The molecule has 294 valence electrons. The summed E-state index contributed by atoms with van der Waals surface area (Å²) in [7, 11) is -1.08. The fraction of sp³-hybridized carbons (Fsp3) is 0.357. The van der Waals surface area contributed by atoms with Gasteiger partial charge in [-0.1, -0.05) is 79.8 Å². The normalized spacial score (nSPS) is 20.8. The molecule has 1 spiro atoms. The molecular weight excluding hydrogens is 733 g/mol. The van der Waals surface area contributed by atoms with Gasteiger partial charge in [0, 0.05) is 42.4 Å². The number of anilines is 2. The van der Waals surface area contributed by atoms with Crippen molar-refractivity contribution in [1.82, 2.24) is 4.90 Å². The molecule has 2 aliphatic rings. The quantitative estimate of drug-likeness (QED) is 0.0895. The Kier molecular flexibility index (Phi) is 11.8. The Morgan fingerprint density at radius 2 is 1.73 bits per heavy atom. The van der Waals surface area contributed by atoms with E-state index in [1.807, 2.05) is 61.5 Å². The highest BCUT2D eigenvalue weighted by molar-refractivity contribution is 6.91. The molecule has 0 unspecified atom stereocenters. The van der Waals surface area contributed by atoms with Gasteiger partial charge in [-0.15, -0.1) is 0 Å². The third-order valence-corrected chi connectivity index (χ3v) is 15.6. The predicted molar refractivity (Wildman–Crippen MR) is 214 cm³/mol. The average molecular weight is 781 g/mol. The second kappa shape index (κ2) is 16.4. The number of carbonyl (C=O) groups is 3. The van der Waals surface area contributed by atoms with E-state index in [2.05, 4.69) is 18.4 Å². The van der Waals surface area contributed by atoms with Crippen LogP contribution >= 0.6 is 0 Å². The topological polar surface area (TPSA) is 172 Å². The maximum Gasteiger partial charge on any atom is 0.269 e. The van der Waals surface area contributed by atoms with Crippen LogP contribution in [0.4, 0.5) is 17.1 Å². The molecule has 0 radical (unpaired) electrons. The van der Waals surface area contributed by atoms with E-state index < -0.39 is 48.5 Å². The standard InChI is InChI=1S/C42H48N4O9Si/c1-27-39(56(4,5)34-17-15-33(54-3)16-18-34)37(24-38(49)44(20-21-47)25-29-10-7-6-8-11-29)55-42(27)35-23-32(46(52)53)14-19-36(35)45(41(42)51)26-30-12-9-13-31(22-30)43-40(50)28(2)48/h6-19,22-23,27-28,37,39,47-48H,20-21,24-26H2,1-5H3,(H,43,50)/t27-,28-,37+,39-,42+/m0/s1. The van der Waals surface area contributed by atoms with Crippen LogP contribution in [0.5, 0.6) is 5.75 Å². The predicted octanol–water partition coefficient (Wildman–Crippen LogP) is 5.10. The fourth-order valence-corrected chi connectivity index (χ4v) is 12.5. The van der Waals surface area contributed by atoms with Gasteiger partial charge in [0.25, 0.3) is 17.5 Å². The Balaban J connectivity index is 1.44. The number of methoxy groups -OCH3 is 1. The molecule has 4 aromatic rings. The molecule has 0 aliphatic carbocycles. The van der Waals surface area contributed by atoms with E-state index in [9.17, 15) is 29.9 Å². The number of non-ortho nitro benzene ring substituents is 1. The number of aliphatic hydroxyl groups excluding tert-OH is 2. The summed E-state index contributed by atoms with van der Waals surface area (Å²) >= 11 is 0. The van der Waals surface area contributed by atoms with Crippen molar-refractivity contribution in [1.29, 1.82) is 0 Å². The van der Waals surface area contributed by atoms with E-state index in [4.69, 9.17) is 9.47 Å². The second-order valence-corrected chi connectivity index (χ2v) is 19.8. The van der Waals surface area contributed by atoms with Crippen LogP contribution < -0.4 is 20.1 Å². The van der Waals surface area contributed by atoms with Gasteiger partial charge in [0.15, 0.2) is 5.60 Å². The Bertz CT molecular complexity index is 2100. The number of nitro benzene ring substituents is 1. The molecule has 2 aliphatic heterocycles. The van der Waals surface area contributed by atoms with E-state index in [1.54, 1.807) is 47.2 Å². The molecule has 0 aromatic heterocycles. The first-order valence-electron chi connectivity index (χ1n) is 18.6. The largest absolute Gasteiger partial charge is 0.497 e. The maximum atomic E-state index is 15.2. The van der Waals surface area contributed by atoms with E-state index in [0.29, 0.717) is 28.3 Å². The van der Waals surface area contributed by atoms with Crippen molar-refractivity contribution in [2.75, 3.05) is 30.5 Å². The number of ether oxygens (including phenoxy) is 2. The lowest BCUT2D eigenvalue weighted by Gasteiger charge is -2.37. The van der Waals surface area contributed by atoms with E-state index >= 15 is 4.79 Å². The van der Waals surface area contributed by atoms with Crippen LogP contribution in [0, 0.1) is 16.0 Å². The first kappa shape index (κ1) is 40.3. The summed E-state index contributed by atoms with van der Waals surface area (Å²) in [5, 5.41) is 35.7. The Hall–Kier alpha value is -5.41. The Labute approximate surface area is 327 Å². The smallest absolute Gasteiger partial charge is 0.269 e. The highest BCUT2D eigenvalue weighted by atomic mass is 28.3. The third kappa shape index (κ3) is 7.69. The van der Waals surface area contributed by atoms with E-state index in [1.165, 1.54) is 19.1 Å². The first-order chi connectivity index (χ1) is 26.7. The molecule has 5 atom stereocenters. The SMILES string of the molecule is COc1ccc([Si](C)(C)[C@@H]2[C@@H](CC(=O)N(CCO)Cc3ccccc3)O[C@]3(C(=O)N(Cc4cccc(NC(=O)[C@H](C)O)c4)c4ccc([N+](=O)[O-])cc43)[C@H]2C)cc1. The molecule has 2 heterocycles. The summed E-state index contributed by atoms with van der Waals surface area (Å²) in [5.41, 5.74) is 0.591. The summed E-state index contributed by atoms with van der Waals surface area (Å²) in [5.74, 6) is -1.09. The zero-order valence-corrected chi connectivity index (χ0v) is 33.2. The minimum atomic E-state index is -2.68. The number of hydrogen-bond donors (Lipinski definition) is 3. The van der Waals surface area contributed by atoms with Crippen molar-refractivity contribution in [3.8, 4) is 5.75 Å². The van der Waals surface area contributed by atoms with Crippen molar-refractivity contribution >= 4 is 48.0 Å². The number of amides is 3. The number of nitrogens with zero attached hydrogens (tertiary/aromatic N) is 3. The first-order valence-corrected chi connectivity index (χ1v) is 21.7. The van der Waals surface area contributed by atoms with Crippen molar-refractivity contribution in [2.45, 2.75) is 69.8 Å². The van der Waals surface area contributed by atoms with E-state index in [0.717, 1.165) is 10.8 Å². The molecule has 1 fully saturated rings. The Morgan fingerprint density at radius 1 is 1.04 bits per heavy atom. The summed E-state index contributed by atoms with van der Waals surface area (Å²) in [4.78, 5) is 56.7. The van der Waals surface area contributed by atoms with Crippen LogP contribution in [0.2, 0.25) is 18.6 Å². The second-order valence-electron chi connectivity index (χ2n) is 15.1. The van der Waals surface area contributed by atoms with Crippen LogP contribution in [0.1, 0.15) is 37.0 Å². The molecule has 3 amide bonds. The van der Waals surface area contributed by atoms with Crippen molar-refractivity contribution in [2.24, 2.45) is 5.92 Å². The average Bonchev–Trinajstić information content (AvgIpc) is 3.60. The van der Waals surface area contributed by atoms with Gasteiger partial charge in [-0.2, -0.15) is 0 Å². The molecule has 56 heavy (non-hydrogen) atoms. The lowest BCUT2D eigenvalue weighted by Crippen LogP contribution is -2.52. The highest BCUT2D eigenvalue weighted by Gasteiger charge is 2.66. The number of rotatable bonds is 14. The van der Waals surface area contributed by atoms with Gasteiger partial charge in [0.05, 0.1) is 51.5 Å². The van der Waals surface area contributed by atoms with Gasteiger partial charge < -0.3 is 34.8 Å². The van der Waals surface area contributed by atoms with Gasteiger partial charge >= 0.3 is 0 Å². The molecule has 6 rings (SSSR count). The number of fused-ring (bicyclic) bond motifs is 2. The zero-order valence-electron chi connectivity index (χ0n) is 32.2. The van der Waals surface area contributed by atoms with Gasteiger partial charge in [0.2, 0.25) is 5.91 Å². The number of nitrogens with one attached hydrogen (secondary N) is 1. The number of carbonyl (C=O) groups excluding carboxylic acids is 3. The molecular formula is C42H48N4O9Si. The molecule has 0 bridgehead atoms. The van der Waals surface area contributed by atoms with Crippen LogP contribution in [0.15, 0.2) is 97.1 Å². The summed E-state index contributed by atoms with van der Waals surface area (Å²) in [6.07, 6.45) is -2.08. The number of aliphatic hydroxyl groups is 2. The molecule has 4 aromatic carbocycles. The monoisotopic (exact) mass is 780 g/mol. The van der Waals surface area contributed by atoms with Gasteiger partial charge in [-0.3, -0.25) is 24.5 Å². The molecule has 1 saturated heterocycles. The zero-order chi connectivity index (χ0) is 40.4. The van der Waals surface area contributed by atoms with Crippen LogP contribution in [0.25, 0.3) is 0 Å². The maximum absolute atomic E-state index is 15.2. The summed E-state index contributed by atoms with van der Waals surface area (Å²) in [6.45, 7) is 7.86.